The number of phosphoric ester groups is 2. The molecular weight excluding hydrogens is 1220 g/mol. The first kappa shape index (κ1) is 91.1. The molecule has 0 spiro atoms. The number of hydrogen-bond donors (Lipinski definition) is 3. The molecule has 0 saturated heterocycles. The summed E-state index contributed by atoms with van der Waals surface area (Å²) in [5.74, 6) is 0.864. The summed E-state index contributed by atoms with van der Waals surface area (Å²) in [5, 5.41) is 10.6. The van der Waals surface area contributed by atoms with Crippen molar-refractivity contribution >= 4 is 39.5 Å². The van der Waals surface area contributed by atoms with E-state index in [1.165, 1.54) is 173 Å². The van der Waals surface area contributed by atoms with Gasteiger partial charge in [0.25, 0.3) is 0 Å². The Kier molecular flexibility index (Phi) is 62.2. The molecule has 0 fully saturated rings. The molecule has 0 heterocycles. The molecule has 0 aliphatic rings. The Morgan fingerprint density at radius 1 is 0.301 bits per heavy atom. The molecule has 0 rings (SSSR count). The van der Waals surface area contributed by atoms with Gasteiger partial charge >= 0.3 is 39.5 Å². The zero-order chi connectivity index (χ0) is 68.9. The van der Waals surface area contributed by atoms with Crippen molar-refractivity contribution in [1.29, 1.82) is 0 Å². The number of phosphoric acid groups is 2. The van der Waals surface area contributed by atoms with Gasteiger partial charge in [-0.05, 0) is 49.4 Å². The standard InChI is InChI=1S/C74H144O17P2/c1-9-67(8)53-45-37-32-33-41-49-57-74(79)91-70(61-85-72(77)55-47-39-30-25-23-28-36-44-52-66(6)7)63-89-93(82,83)87-59-68(75)58-86-92(80,81)88-62-69(60-84-71(76)54-46-38-29-24-22-27-35-43-51-65(4)5)90-73(78)56-48-40-31-21-19-17-15-13-11-10-12-14-16-18-20-26-34-42-50-64(2)3/h64-70,75H,9-63H2,1-8H3,(H,80,81)(H,82,83)/t67?,68?,69-,70-/m1/s1. The van der Waals surface area contributed by atoms with E-state index in [2.05, 4.69) is 55.4 Å². The van der Waals surface area contributed by atoms with Crippen molar-refractivity contribution < 1.29 is 80.2 Å². The minimum Gasteiger partial charge on any atom is -0.462 e. The number of rotatable bonds is 71. The number of hydrogen-bond acceptors (Lipinski definition) is 15. The normalized spacial score (nSPS) is 14.5. The van der Waals surface area contributed by atoms with Crippen molar-refractivity contribution in [3.05, 3.63) is 0 Å². The van der Waals surface area contributed by atoms with Crippen molar-refractivity contribution in [2.75, 3.05) is 39.6 Å². The summed E-state index contributed by atoms with van der Waals surface area (Å²) in [6.07, 6.45) is 47.5. The molecule has 93 heavy (non-hydrogen) atoms. The third-order valence-electron chi connectivity index (χ3n) is 17.4. The summed E-state index contributed by atoms with van der Waals surface area (Å²) < 4.78 is 68.4. The highest BCUT2D eigenvalue weighted by Gasteiger charge is 2.30. The second-order valence-electron chi connectivity index (χ2n) is 28.4. The zero-order valence-electron chi connectivity index (χ0n) is 60.9. The van der Waals surface area contributed by atoms with E-state index in [1.54, 1.807) is 0 Å². The third kappa shape index (κ3) is 67.0. The van der Waals surface area contributed by atoms with Crippen LogP contribution in [0.3, 0.4) is 0 Å². The fourth-order valence-corrected chi connectivity index (χ4v) is 12.7. The smallest absolute Gasteiger partial charge is 0.462 e. The van der Waals surface area contributed by atoms with Gasteiger partial charge in [-0.1, -0.05) is 319 Å². The topological polar surface area (TPSA) is 237 Å². The first-order valence-corrected chi connectivity index (χ1v) is 41.2. The van der Waals surface area contributed by atoms with E-state index in [-0.39, 0.29) is 25.7 Å². The van der Waals surface area contributed by atoms with Gasteiger partial charge in [-0.15, -0.1) is 0 Å². The number of carbonyl (C=O) groups is 4. The first-order chi connectivity index (χ1) is 44.6. The van der Waals surface area contributed by atoms with Gasteiger partial charge in [-0.25, -0.2) is 9.13 Å². The predicted octanol–water partition coefficient (Wildman–Crippen LogP) is 21.3. The molecule has 19 heteroatoms. The van der Waals surface area contributed by atoms with Gasteiger partial charge in [0.05, 0.1) is 26.4 Å². The average Bonchev–Trinajstić information content (AvgIpc) is 3.01. The van der Waals surface area contributed by atoms with E-state index in [1.807, 2.05) is 0 Å². The Bertz CT molecular complexity index is 1840. The van der Waals surface area contributed by atoms with Crippen molar-refractivity contribution in [3.63, 3.8) is 0 Å². The summed E-state index contributed by atoms with van der Waals surface area (Å²) in [6, 6.07) is 0. The Balaban J connectivity index is 5.18. The molecule has 0 aromatic rings. The second-order valence-corrected chi connectivity index (χ2v) is 31.3. The summed E-state index contributed by atoms with van der Waals surface area (Å²) in [6.45, 7) is 14.1. The van der Waals surface area contributed by atoms with Crippen LogP contribution in [-0.4, -0.2) is 96.7 Å². The van der Waals surface area contributed by atoms with Gasteiger partial charge in [0.1, 0.15) is 19.3 Å². The van der Waals surface area contributed by atoms with Crippen molar-refractivity contribution in [1.82, 2.24) is 0 Å². The maximum absolute atomic E-state index is 13.1. The highest BCUT2D eigenvalue weighted by molar-refractivity contribution is 7.47. The van der Waals surface area contributed by atoms with Crippen molar-refractivity contribution in [3.8, 4) is 0 Å². The van der Waals surface area contributed by atoms with Gasteiger partial charge in [-0.2, -0.15) is 0 Å². The monoisotopic (exact) mass is 1370 g/mol. The molecule has 0 aromatic carbocycles. The van der Waals surface area contributed by atoms with Crippen molar-refractivity contribution in [2.45, 2.75) is 388 Å². The van der Waals surface area contributed by atoms with Crippen LogP contribution in [0.4, 0.5) is 0 Å². The number of esters is 4. The van der Waals surface area contributed by atoms with E-state index in [4.69, 9.17) is 37.0 Å². The van der Waals surface area contributed by atoms with E-state index in [9.17, 15) is 43.2 Å². The second kappa shape index (κ2) is 63.5. The molecular formula is C74H144O17P2. The zero-order valence-corrected chi connectivity index (χ0v) is 62.7. The lowest BCUT2D eigenvalue weighted by atomic mass is 10.00. The molecule has 17 nitrogen and oxygen atoms in total. The number of unbranched alkanes of at least 4 members (excludes halogenated alkanes) is 36. The molecule has 0 bridgehead atoms. The number of aliphatic hydroxyl groups is 1. The van der Waals surface area contributed by atoms with E-state index >= 15 is 0 Å². The van der Waals surface area contributed by atoms with Crippen LogP contribution < -0.4 is 0 Å². The first-order valence-electron chi connectivity index (χ1n) is 38.2. The van der Waals surface area contributed by atoms with Crippen LogP contribution in [-0.2, 0) is 65.4 Å². The molecule has 0 amide bonds. The highest BCUT2D eigenvalue weighted by atomic mass is 31.2. The largest absolute Gasteiger partial charge is 0.472 e. The maximum Gasteiger partial charge on any atom is 0.472 e. The Hall–Kier alpha value is -1.94. The van der Waals surface area contributed by atoms with Crippen LogP contribution >= 0.6 is 15.6 Å². The molecule has 4 unspecified atom stereocenters. The van der Waals surface area contributed by atoms with Gasteiger partial charge in [-0.3, -0.25) is 37.3 Å². The lowest BCUT2D eigenvalue weighted by Gasteiger charge is -2.21. The molecule has 0 aliphatic carbocycles. The van der Waals surface area contributed by atoms with Crippen molar-refractivity contribution in [2.24, 2.45) is 23.7 Å². The summed E-state index contributed by atoms with van der Waals surface area (Å²) >= 11 is 0. The van der Waals surface area contributed by atoms with E-state index in [0.717, 1.165) is 114 Å². The van der Waals surface area contributed by atoms with E-state index in [0.29, 0.717) is 25.7 Å². The van der Waals surface area contributed by atoms with Crippen LogP contribution in [0, 0.1) is 23.7 Å². The van der Waals surface area contributed by atoms with Gasteiger partial charge in [0.15, 0.2) is 12.2 Å². The predicted molar refractivity (Wildman–Crippen MR) is 377 cm³/mol. The molecule has 0 aromatic heterocycles. The third-order valence-corrected chi connectivity index (χ3v) is 19.3. The van der Waals surface area contributed by atoms with Gasteiger partial charge in [0, 0.05) is 25.7 Å². The number of carbonyl (C=O) groups excluding carboxylic acids is 4. The quantitative estimate of drug-likeness (QED) is 0.0222. The van der Waals surface area contributed by atoms with Crippen LogP contribution in [0.15, 0.2) is 0 Å². The molecule has 0 aliphatic heterocycles. The molecule has 552 valence electrons. The molecule has 0 radical (unpaired) electrons. The minimum atomic E-state index is -4.96. The number of aliphatic hydroxyl groups excluding tert-OH is 1. The highest BCUT2D eigenvalue weighted by Crippen LogP contribution is 2.45. The summed E-state index contributed by atoms with van der Waals surface area (Å²) in [5.41, 5.74) is 0. The lowest BCUT2D eigenvalue weighted by molar-refractivity contribution is -0.161. The molecule has 0 saturated carbocycles. The van der Waals surface area contributed by atoms with E-state index < -0.39 is 97.5 Å². The van der Waals surface area contributed by atoms with Crippen LogP contribution in [0.1, 0.15) is 370 Å². The SMILES string of the molecule is CCC(C)CCCCCCCCC(=O)O[C@H](COC(=O)CCCCCCCCCCC(C)C)COP(=O)(O)OCC(O)COP(=O)(O)OC[C@@H](COC(=O)CCCCCCCCCCC(C)C)OC(=O)CCCCCCCCCCCCCCCCCCCCC(C)C. The van der Waals surface area contributed by atoms with Crippen LogP contribution in [0.2, 0.25) is 0 Å². The van der Waals surface area contributed by atoms with Gasteiger partial charge < -0.3 is 33.8 Å². The molecule has 3 N–H and O–H groups in total. The van der Waals surface area contributed by atoms with Crippen LogP contribution in [0.25, 0.3) is 0 Å². The number of ether oxygens (including phenoxy) is 4. The lowest BCUT2D eigenvalue weighted by Crippen LogP contribution is -2.30. The summed E-state index contributed by atoms with van der Waals surface area (Å²) in [7, 11) is -9.91. The van der Waals surface area contributed by atoms with Crippen LogP contribution in [0.5, 0.6) is 0 Å². The molecule has 6 atom stereocenters. The fraction of sp³-hybridized carbons (Fsp3) is 0.946. The maximum atomic E-state index is 13.1. The Morgan fingerprint density at radius 3 is 0.763 bits per heavy atom. The average molecular weight is 1370 g/mol. The Labute approximate surface area is 568 Å². The Morgan fingerprint density at radius 2 is 0.516 bits per heavy atom. The minimum absolute atomic E-state index is 0.102. The fourth-order valence-electron chi connectivity index (χ4n) is 11.2. The summed E-state index contributed by atoms with van der Waals surface area (Å²) in [4.78, 5) is 72.6. The van der Waals surface area contributed by atoms with Gasteiger partial charge in [0.2, 0.25) is 0 Å².